The zero-order valence-corrected chi connectivity index (χ0v) is 18.1. The number of ether oxygens (including phenoxy) is 4. The Labute approximate surface area is 177 Å². The van der Waals surface area contributed by atoms with Gasteiger partial charge in [-0.25, -0.2) is 5.43 Å². The van der Waals surface area contributed by atoms with Crippen molar-refractivity contribution >= 4 is 11.6 Å². The molecule has 1 atom stereocenters. The quantitative estimate of drug-likeness (QED) is 0.712. The fraction of sp³-hybridized carbons (Fsp3) is 0.391. The number of rotatable bonds is 8. The first-order valence-corrected chi connectivity index (χ1v) is 10.1. The van der Waals surface area contributed by atoms with E-state index in [0.717, 1.165) is 16.7 Å². The van der Waals surface area contributed by atoms with Crippen LogP contribution in [-0.2, 0) is 4.79 Å². The molecule has 0 saturated carbocycles. The molecule has 160 valence electrons. The van der Waals surface area contributed by atoms with E-state index in [4.69, 9.17) is 18.9 Å². The highest BCUT2D eigenvalue weighted by molar-refractivity contribution is 6.16. The molecule has 2 aromatic rings. The van der Waals surface area contributed by atoms with Crippen LogP contribution in [0.3, 0.4) is 0 Å². The van der Waals surface area contributed by atoms with E-state index in [2.05, 4.69) is 10.5 Å². The molecule has 7 heteroatoms. The van der Waals surface area contributed by atoms with Crippen LogP contribution in [0.25, 0.3) is 0 Å². The van der Waals surface area contributed by atoms with Crippen molar-refractivity contribution in [1.82, 2.24) is 5.43 Å². The highest BCUT2D eigenvalue weighted by Crippen LogP contribution is 2.38. The molecular weight excluding hydrogens is 384 g/mol. The molecule has 3 rings (SSSR count). The number of nitrogens with zero attached hydrogens (tertiary/aromatic N) is 1. The van der Waals surface area contributed by atoms with Gasteiger partial charge in [-0.1, -0.05) is 6.92 Å². The van der Waals surface area contributed by atoms with Crippen molar-refractivity contribution in [2.24, 2.45) is 5.10 Å². The second kappa shape index (κ2) is 9.52. The van der Waals surface area contributed by atoms with Gasteiger partial charge in [0.1, 0.15) is 0 Å². The highest BCUT2D eigenvalue weighted by atomic mass is 16.5. The van der Waals surface area contributed by atoms with Gasteiger partial charge in [0.05, 0.1) is 39.1 Å². The van der Waals surface area contributed by atoms with Gasteiger partial charge in [-0.2, -0.15) is 5.10 Å². The van der Waals surface area contributed by atoms with E-state index in [1.165, 1.54) is 0 Å². The molecule has 1 N–H and O–H groups in total. The number of amides is 1. The van der Waals surface area contributed by atoms with Crippen molar-refractivity contribution in [3.05, 3.63) is 47.0 Å². The van der Waals surface area contributed by atoms with E-state index >= 15 is 0 Å². The lowest BCUT2D eigenvalue weighted by Gasteiger charge is -2.19. The first-order chi connectivity index (χ1) is 14.6. The molecule has 0 radical (unpaired) electrons. The second-order valence-electron chi connectivity index (χ2n) is 6.72. The molecule has 1 amide bonds. The molecule has 0 aliphatic carbocycles. The molecule has 0 spiro atoms. The third-order valence-electron chi connectivity index (χ3n) is 5.01. The van der Waals surface area contributed by atoms with Crippen LogP contribution in [-0.4, -0.2) is 39.1 Å². The van der Waals surface area contributed by atoms with Gasteiger partial charge in [-0.05, 0) is 56.2 Å². The Bertz CT molecular complexity index is 955. The Hall–Kier alpha value is -3.22. The van der Waals surface area contributed by atoms with Gasteiger partial charge in [0, 0.05) is 11.1 Å². The van der Waals surface area contributed by atoms with Crippen LogP contribution in [0.4, 0.5) is 0 Å². The van der Waals surface area contributed by atoms with Crippen LogP contribution >= 0.6 is 0 Å². The Morgan fingerprint density at radius 1 is 0.900 bits per heavy atom. The largest absolute Gasteiger partial charge is 0.493 e. The highest BCUT2D eigenvalue weighted by Gasteiger charge is 2.29. The molecule has 0 bridgehead atoms. The topological polar surface area (TPSA) is 78.4 Å². The van der Waals surface area contributed by atoms with Crippen molar-refractivity contribution in [3.8, 4) is 23.0 Å². The zero-order chi connectivity index (χ0) is 21.7. The molecule has 0 aromatic heterocycles. The van der Waals surface area contributed by atoms with Crippen LogP contribution in [0.15, 0.2) is 35.4 Å². The van der Waals surface area contributed by atoms with Crippen LogP contribution in [0, 0.1) is 0 Å². The molecule has 2 aromatic carbocycles. The predicted octanol–water partition coefficient (Wildman–Crippen LogP) is 3.88. The molecule has 0 saturated heterocycles. The third kappa shape index (κ3) is 4.06. The van der Waals surface area contributed by atoms with Gasteiger partial charge in [-0.15, -0.1) is 0 Å². The molecule has 7 nitrogen and oxygen atoms in total. The molecule has 0 fully saturated rings. The van der Waals surface area contributed by atoms with Crippen molar-refractivity contribution in [1.29, 1.82) is 0 Å². The maximum atomic E-state index is 12.8. The number of methoxy groups -OCH3 is 2. The zero-order valence-electron chi connectivity index (χ0n) is 18.1. The van der Waals surface area contributed by atoms with Gasteiger partial charge in [0.15, 0.2) is 23.0 Å². The number of carbonyl (C=O) groups is 1. The van der Waals surface area contributed by atoms with Gasteiger partial charge in [0.25, 0.3) is 0 Å². The number of hydrogen-bond acceptors (Lipinski definition) is 6. The lowest BCUT2D eigenvalue weighted by molar-refractivity contribution is -0.122. The molecule has 1 aliphatic rings. The maximum Gasteiger partial charge on any atom is 0.247 e. The monoisotopic (exact) mass is 412 g/mol. The van der Waals surface area contributed by atoms with Crippen molar-refractivity contribution in [2.75, 3.05) is 27.4 Å². The molecular formula is C23H28N2O5. The first-order valence-electron chi connectivity index (χ1n) is 10.1. The summed E-state index contributed by atoms with van der Waals surface area (Å²) in [4.78, 5) is 12.8. The number of carbonyl (C=O) groups excluding carboxylic acids is 1. The minimum absolute atomic E-state index is 0.152. The standard InChI is InChI=1S/C23H28N2O5/c1-6-15-16-12-20(29-7-2)21(30-8-3)13-17(16)22(24-25-23(15)26)14-9-10-18(27-4)19(11-14)28-5/h9-13,15H,6-8H2,1-5H3,(H,25,26)/t15-/m0/s1. The van der Waals surface area contributed by atoms with E-state index < -0.39 is 0 Å². The third-order valence-corrected chi connectivity index (χ3v) is 5.01. The summed E-state index contributed by atoms with van der Waals surface area (Å²) >= 11 is 0. The molecule has 1 heterocycles. The van der Waals surface area contributed by atoms with Crippen LogP contribution in [0.2, 0.25) is 0 Å². The fourth-order valence-electron chi connectivity index (χ4n) is 3.60. The predicted molar refractivity (Wildman–Crippen MR) is 115 cm³/mol. The maximum absolute atomic E-state index is 12.8. The summed E-state index contributed by atoms with van der Waals surface area (Å²) in [5.41, 5.74) is 5.79. The Morgan fingerprint density at radius 2 is 1.57 bits per heavy atom. The fourth-order valence-corrected chi connectivity index (χ4v) is 3.60. The number of fused-ring (bicyclic) bond motifs is 1. The van der Waals surface area contributed by atoms with E-state index in [1.807, 2.05) is 51.1 Å². The average Bonchev–Trinajstić information content (AvgIpc) is 2.89. The van der Waals surface area contributed by atoms with Crippen LogP contribution < -0.4 is 24.4 Å². The minimum atomic E-state index is -0.351. The van der Waals surface area contributed by atoms with E-state index in [0.29, 0.717) is 48.3 Å². The molecule has 0 unspecified atom stereocenters. The summed E-state index contributed by atoms with van der Waals surface area (Å²) < 4.78 is 22.4. The summed E-state index contributed by atoms with van der Waals surface area (Å²) in [6, 6.07) is 9.36. The normalized spacial score (nSPS) is 15.4. The van der Waals surface area contributed by atoms with Crippen LogP contribution in [0.1, 0.15) is 49.8 Å². The van der Waals surface area contributed by atoms with Gasteiger partial charge < -0.3 is 18.9 Å². The Kier molecular flexibility index (Phi) is 6.82. The number of benzene rings is 2. The smallest absolute Gasteiger partial charge is 0.247 e. The Morgan fingerprint density at radius 3 is 2.17 bits per heavy atom. The summed E-state index contributed by atoms with van der Waals surface area (Å²) in [7, 11) is 3.17. The number of nitrogens with one attached hydrogen (secondary N) is 1. The van der Waals surface area contributed by atoms with Crippen molar-refractivity contribution in [2.45, 2.75) is 33.1 Å². The SMILES string of the molecule is CCOc1cc2c(cc1OCC)[C@H](CC)C(=O)NN=C2c1ccc(OC)c(OC)c1. The molecule has 1 aliphatic heterocycles. The average molecular weight is 412 g/mol. The summed E-state index contributed by atoms with van der Waals surface area (Å²) in [6.07, 6.45) is 0.632. The minimum Gasteiger partial charge on any atom is -0.493 e. The van der Waals surface area contributed by atoms with Crippen molar-refractivity contribution < 1.29 is 23.7 Å². The van der Waals surface area contributed by atoms with Gasteiger partial charge in [-0.3, -0.25) is 4.79 Å². The molecule has 30 heavy (non-hydrogen) atoms. The summed E-state index contributed by atoms with van der Waals surface area (Å²) in [6.45, 7) is 6.81. The van der Waals surface area contributed by atoms with Gasteiger partial charge in [0.2, 0.25) is 5.91 Å². The summed E-state index contributed by atoms with van der Waals surface area (Å²) in [5.74, 6) is 1.94. The number of hydrazone groups is 1. The summed E-state index contributed by atoms with van der Waals surface area (Å²) in [5, 5.41) is 4.45. The van der Waals surface area contributed by atoms with Crippen molar-refractivity contribution in [3.63, 3.8) is 0 Å². The van der Waals surface area contributed by atoms with E-state index in [-0.39, 0.29) is 11.8 Å². The van der Waals surface area contributed by atoms with E-state index in [1.54, 1.807) is 14.2 Å². The van der Waals surface area contributed by atoms with E-state index in [9.17, 15) is 4.79 Å². The number of hydrogen-bond donors (Lipinski definition) is 1. The lowest BCUT2D eigenvalue weighted by atomic mass is 9.87. The lowest BCUT2D eigenvalue weighted by Crippen LogP contribution is -2.23. The second-order valence-corrected chi connectivity index (χ2v) is 6.72. The van der Waals surface area contributed by atoms with Gasteiger partial charge >= 0.3 is 0 Å². The Balaban J connectivity index is 2.23. The van der Waals surface area contributed by atoms with Crippen LogP contribution in [0.5, 0.6) is 23.0 Å². The first kappa shape index (κ1) is 21.5.